The van der Waals surface area contributed by atoms with Gasteiger partial charge in [0.25, 0.3) is 0 Å². The second-order valence-corrected chi connectivity index (χ2v) is 17.0. The predicted octanol–water partition coefficient (Wildman–Crippen LogP) is 6.74. The fourth-order valence-corrected chi connectivity index (χ4v) is 13.1. The van der Waals surface area contributed by atoms with Gasteiger partial charge in [0.2, 0.25) is 0 Å². The van der Waals surface area contributed by atoms with Crippen LogP contribution in [0.25, 0.3) is 0 Å². The summed E-state index contributed by atoms with van der Waals surface area (Å²) < 4.78 is 17.2. The molecule has 0 spiro atoms. The van der Waals surface area contributed by atoms with E-state index >= 15 is 0 Å². The molecule has 268 valence electrons. The third kappa shape index (κ3) is 4.50. The third-order valence-corrected chi connectivity index (χ3v) is 15.1. The number of carboxylic acid groups (broad SMARTS) is 2. The van der Waals surface area contributed by atoms with Gasteiger partial charge in [-0.1, -0.05) is 39.8 Å². The van der Waals surface area contributed by atoms with Gasteiger partial charge >= 0.3 is 23.9 Å². The van der Waals surface area contributed by atoms with E-state index in [1.54, 1.807) is 0 Å². The molecule has 0 aromatic heterocycles. The van der Waals surface area contributed by atoms with Gasteiger partial charge in [-0.25, -0.2) is 4.79 Å². The molecular weight excluding hydrogens is 628 g/mol. The van der Waals surface area contributed by atoms with Gasteiger partial charge in [-0.05, 0) is 117 Å². The number of phenols is 1. The summed E-state index contributed by atoms with van der Waals surface area (Å²) in [6, 6.07) is 4.22. The van der Waals surface area contributed by atoms with Crippen LogP contribution in [0.15, 0.2) is 30.4 Å². The molecule has 5 aliphatic carbocycles. The van der Waals surface area contributed by atoms with Crippen molar-refractivity contribution in [1.29, 1.82) is 0 Å². The standard InChI is InChI=1S/C39H52O10/c1-20(2)22-13-14-38(33(43)44)15-16-39(34(45)46)23(30(22)38)10-12-27-36(5)24(32(42)48-8)19-35(3,4)28(36)18-29(37(27,39)6)49-31(41)21-9-11-25(40)26(17-21)47-7/h9,11,17,22-24,27-30,40H,1,10,12-16,18-19H2,2-8H3,(H,43,44)(H,45,46)/t22-,23+,24+,27+,28-,29-,30+,36+,37-,38-,39+/m0/s1. The number of esters is 2. The number of carboxylic acids is 2. The molecule has 0 saturated heterocycles. The second kappa shape index (κ2) is 11.5. The Hall–Kier alpha value is -3.56. The lowest BCUT2D eigenvalue weighted by Crippen LogP contribution is -2.72. The highest BCUT2D eigenvalue weighted by atomic mass is 16.5. The Morgan fingerprint density at radius 2 is 1.61 bits per heavy atom. The van der Waals surface area contributed by atoms with Gasteiger partial charge in [0.1, 0.15) is 6.10 Å². The molecule has 0 heterocycles. The molecular formula is C39H52O10. The number of ether oxygens (including phenoxy) is 3. The van der Waals surface area contributed by atoms with E-state index in [1.165, 1.54) is 32.4 Å². The first-order valence-corrected chi connectivity index (χ1v) is 17.7. The summed E-state index contributed by atoms with van der Waals surface area (Å²) >= 11 is 0. The van der Waals surface area contributed by atoms with Crippen molar-refractivity contribution in [1.82, 2.24) is 0 Å². The Bertz CT molecular complexity index is 1600. The van der Waals surface area contributed by atoms with E-state index in [1.807, 2.05) is 13.8 Å². The van der Waals surface area contributed by atoms with Crippen LogP contribution >= 0.6 is 0 Å². The van der Waals surface area contributed by atoms with E-state index in [0.717, 1.165) is 5.57 Å². The van der Waals surface area contributed by atoms with Crippen LogP contribution in [0.4, 0.5) is 0 Å². The highest BCUT2D eigenvalue weighted by molar-refractivity contribution is 5.90. The normalized spacial score (nSPS) is 41.7. The van der Waals surface area contributed by atoms with E-state index in [2.05, 4.69) is 27.4 Å². The van der Waals surface area contributed by atoms with E-state index < -0.39 is 63.4 Å². The summed E-state index contributed by atoms with van der Waals surface area (Å²) in [5.74, 6) is -4.93. The van der Waals surface area contributed by atoms with Crippen LogP contribution in [-0.2, 0) is 23.9 Å². The van der Waals surface area contributed by atoms with Crippen molar-refractivity contribution in [3.63, 3.8) is 0 Å². The maximum atomic E-state index is 14.3. The Morgan fingerprint density at radius 1 is 0.918 bits per heavy atom. The minimum Gasteiger partial charge on any atom is -0.504 e. The first kappa shape index (κ1) is 35.3. The van der Waals surface area contributed by atoms with Gasteiger partial charge in [-0.15, -0.1) is 0 Å². The molecule has 11 atom stereocenters. The zero-order valence-electron chi connectivity index (χ0n) is 29.8. The number of hydrogen-bond acceptors (Lipinski definition) is 8. The lowest BCUT2D eigenvalue weighted by Gasteiger charge is -2.70. The topological polar surface area (TPSA) is 157 Å². The van der Waals surface area contributed by atoms with E-state index in [-0.39, 0.29) is 59.0 Å². The molecule has 0 aliphatic heterocycles. The van der Waals surface area contributed by atoms with Crippen LogP contribution in [0, 0.1) is 62.6 Å². The van der Waals surface area contributed by atoms with Crippen LogP contribution in [0.5, 0.6) is 11.5 Å². The van der Waals surface area contributed by atoms with E-state index in [9.17, 15) is 34.5 Å². The largest absolute Gasteiger partial charge is 0.504 e. The minimum atomic E-state index is -1.45. The van der Waals surface area contributed by atoms with Crippen LogP contribution < -0.4 is 4.74 Å². The summed E-state index contributed by atoms with van der Waals surface area (Å²) in [4.78, 5) is 55.2. The Balaban J connectivity index is 1.56. The lowest BCUT2D eigenvalue weighted by atomic mass is 9.32. The molecule has 5 fully saturated rings. The number of aromatic hydroxyl groups is 1. The Labute approximate surface area is 288 Å². The lowest BCUT2D eigenvalue weighted by molar-refractivity contribution is -0.269. The first-order valence-electron chi connectivity index (χ1n) is 17.7. The second-order valence-electron chi connectivity index (χ2n) is 17.0. The van der Waals surface area contributed by atoms with Crippen molar-refractivity contribution < 1.29 is 48.7 Å². The number of carbonyl (C=O) groups excluding carboxylic acids is 2. The van der Waals surface area contributed by atoms with Crippen molar-refractivity contribution in [2.75, 3.05) is 14.2 Å². The number of methoxy groups -OCH3 is 2. The van der Waals surface area contributed by atoms with E-state index in [4.69, 9.17) is 14.2 Å². The van der Waals surface area contributed by atoms with Gasteiger partial charge in [0, 0.05) is 5.41 Å². The summed E-state index contributed by atoms with van der Waals surface area (Å²) in [6.07, 6.45) is 2.50. The number of hydrogen-bond donors (Lipinski definition) is 3. The zero-order chi connectivity index (χ0) is 36.1. The number of allylic oxidation sites excluding steroid dienone is 1. The van der Waals surface area contributed by atoms with Gasteiger partial charge in [0.05, 0.1) is 36.5 Å². The quantitative estimate of drug-likeness (QED) is 0.208. The Morgan fingerprint density at radius 3 is 2.20 bits per heavy atom. The average Bonchev–Trinajstić information content (AvgIpc) is 3.55. The highest BCUT2D eigenvalue weighted by Gasteiger charge is 2.80. The maximum absolute atomic E-state index is 14.3. The maximum Gasteiger partial charge on any atom is 0.338 e. The number of carbonyl (C=O) groups is 4. The molecule has 0 radical (unpaired) electrons. The number of rotatable bonds is 7. The molecule has 1 aromatic rings. The summed E-state index contributed by atoms with van der Waals surface area (Å²) in [7, 11) is 2.78. The summed E-state index contributed by atoms with van der Waals surface area (Å²) in [6.45, 7) is 14.5. The molecule has 1 aromatic carbocycles. The summed E-state index contributed by atoms with van der Waals surface area (Å²) in [5.41, 5.74) is -3.69. The average molecular weight is 681 g/mol. The molecule has 6 rings (SSSR count). The minimum absolute atomic E-state index is 0.104. The van der Waals surface area contributed by atoms with Crippen molar-refractivity contribution in [3.05, 3.63) is 35.9 Å². The highest BCUT2D eigenvalue weighted by Crippen LogP contribution is 2.79. The smallest absolute Gasteiger partial charge is 0.338 e. The van der Waals surface area contributed by atoms with Crippen LogP contribution in [0.2, 0.25) is 0 Å². The molecule has 0 unspecified atom stereocenters. The van der Waals surface area contributed by atoms with Crippen molar-refractivity contribution in [2.24, 2.45) is 62.6 Å². The van der Waals surface area contributed by atoms with Crippen LogP contribution in [-0.4, -0.2) is 59.5 Å². The number of benzene rings is 1. The van der Waals surface area contributed by atoms with Gasteiger partial charge in [-0.3, -0.25) is 14.4 Å². The van der Waals surface area contributed by atoms with Crippen molar-refractivity contribution in [2.45, 2.75) is 92.1 Å². The monoisotopic (exact) mass is 680 g/mol. The van der Waals surface area contributed by atoms with Gasteiger partial charge in [0.15, 0.2) is 11.5 Å². The molecule has 5 saturated carbocycles. The zero-order valence-corrected chi connectivity index (χ0v) is 29.8. The molecule has 10 nitrogen and oxygen atoms in total. The fourth-order valence-electron chi connectivity index (χ4n) is 13.1. The molecule has 5 aliphatic rings. The number of fused-ring (bicyclic) bond motifs is 7. The van der Waals surface area contributed by atoms with Crippen molar-refractivity contribution in [3.8, 4) is 11.5 Å². The molecule has 0 amide bonds. The molecule has 3 N–H and O–H groups in total. The Kier molecular flexibility index (Phi) is 8.27. The first-order chi connectivity index (χ1) is 22.9. The van der Waals surface area contributed by atoms with Gasteiger partial charge in [-0.2, -0.15) is 0 Å². The van der Waals surface area contributed by atoms with Gasteiger partial charge < -0.3 is 29.5 Å². The van der Waals surface area contributed by atoms with E-state index in [0.29, 0.717) is 38.5 Å². The van der Waals surface area contributed by atoms with Crippen LogP contribution in [0.3, 0.4) is 0 Å². The number of aliphatic carboxylic acids is 2. The molecule has 49 heavy (non-hydrogen) atoms. The fraction of sp³-hybridized carbons (Fsp3) is 0.692. The van der Waals surface area contributed by atoms with Crippen molar-refractivity contribution >= 4 is 23.9 Å². The van der Waals surface area contributed by atoms with Crippen LogP contribution in [0.1, 0.15) is 96.3 Å². The third-order valence-electron chi connectivity index (χ3n) is 15.1. The predicted molar refractivity (Wildman–Crippen MR) is 179 cm³/mol. The summed E-state index contributed by atoms with van der Waals surface area (Å²) in [5, 5.41) is 32.7. The molecule has 10 heteroatoms. The SMILES string of the molecule is C=C(C)[C@@H]1CC[C@]2(C(=O)O)CC[C@]3(C(=O)O)[C@H](CC[C@@H]4[C@@]5(C)[C@@H](C(=O)OC)CC(C)(C)[C@@H]5C[C@H](OC(=O)c5ccc(O)c(OC)c5)[C@]43C)[C@@H]12. The molecule has 0 bridgehead atoms. The number of phenolic OH excluding ortho intramolecular Hbond substituents is 1.